The van der Waals surface area contributed by atoms with Crippen LogP contribution in [0.2, 0.25) is 4.34 Å². The second-order valence-corrected chi connectivity index (χ2v) is 8.93. The van der Waals surface area contributed by atoms with Crippen molar-refractivity contribution in [3.8, 4) is 5.69 Å². The Labute approximate surface area is 187 Å². The average Bonchev–Trinajstić information content (AvgIpc) is 3.31. The molecule has 3 aromatic rings. The summed E-state index contributed by atoms with van der Waals surface area (Å²) in [5.74, 6) is -0.321. The number of halogens is 1. The van der Waals surface area contributed by atoms with Crippen LogP contribution in [0, 0.1) is 0 Å². The zero-order valence-electron chi connectivity index (χ0n) is 16.6. The molecule has 1 saturated heterocycles. The van der Waals surface area contributed by atoms with Gasteiger partial charge in [-0.25, -0.2) is 0 Å². The molecular formula is C21H20ClN5O3S. The molecule has 0 bridgehead atoms. The quantitative estimate of drug-likeness (QED) is 0.587. The molecule has 2 atom stereocenters. The first-order valence-corrected chi connectivity index (χ1v) is 10.8. The number of amides is 2. The summed E-state index contributed by atoms with van der Waals surface area (Å²) in [6.07, 6.45) is 4.42. The van der Waals surface area contributed by atoms with Crippen molar-refractivity contribution in [2.75, 3.05) is 13.6 Å². The van der Waals surface area contributed by atoms with Gasteiger partial charge in [-0.3, -0.25) is 29.3 Å². The summed E-state index contributed by atoms with van der Waals surface area (Å²) in [4.78, 5) is 42.9. The molecule has 1 aromatic carbocycles. The van der Waals surface area contributed by atoms with Crippen LogP contribution in [0.3, 0.4) is 0 Å². The number of likely N-dealkylation sites (tertiary alicyclic amines) is 1. The van der Waals surface area contributed by atoms with Gasteiger partial charge in [0.15, 0.2) is 0 Å². The van der Waals surface area contributed by atoms with Crippen LogP contribution < -0.4 is 16.2 Å². The minimum Gasteiger partial charge on any atom is -0.345 e. The topological polar surface area (TPSA) is 96.3 Å². The highest BCUT2D eigenvalue weighted by Crippen LogP contribution is 2.22. The number of likely N-dealkylation sites (N-methyl/N-ethyl adjacent to an activating group) is 1. The maximum Gasteiger partial charge on any atom is 0.273 e. The Morgan fingerprint density at radius 1 is 1.23 bits per heavy atom. The molecular weight excluding hydrogens is 438 g/mol. The highest BCUT2D eigenvalue weighted by Gasteiger charge is 2.39. The maximum atomic E-state index is 12.6. The SMILES string of the molecule is CN1C[C@@H](NC(=O)c2ccc(Cl)s2)[C@@H](NCc2ccc(-n3ccncc3=O)cc2)C1=O. The highest BCUT2D eigenvalue weighted by molar-refractivity contribution is 7.18. The molecule has 0 saturated carbocycles. The van der Waals surface area contributed by atoms with Gasteiger partial charge in [0.25, 0.3) is 11.5 Å². The van der Waals surface area contributed by atoms with E-state index in [-0.39, 0.29) is 23.4 Å². The average molecular weight is 458 g/mol. The van der Waals surface area contributed by atoms with E-state index in [0.29, 0.717) is 22.3 Å². The van der Waals surface area contributed by atoms with Crippen molar-refractivity contribution >= 4 is 34.8 Å². The molecule has 2 N–H and O–H groups in total. The van der Waals surface area contributed by atoms with Crippen LogP contribution in [0.5, 0.6) is 0 Å². The van der Waals surface area contributed by atoms with E-state index in [2.05, 4.69) is 15.6 Å². The molecule has 8 nitrogen and oxygen atoms in total. The molecule has 10 heteroatoms. The number of nitrogens with one attached hydrogen (secondary N) is 2. The lowest BCUT2D eigenvalue weighted by Gasteiger charge is -2.19. The van der Waals surface area contributed by atoms with Crippen LogP contribution in [-0.2, 0) is 11.3 Å². The zero-order chi connectivity index (χ0) is 22.0. The molecule has 4 rings (SSSR count). The number of aromatic nitrogens is 2. The highest BCUT2D eigenvalue weighted by atomic mass is 35.5. The van der Waals surface area contributed by atoms with Gasteiger partial charge < -0.3 is 10.2 Å². The van der Waals surface area contributed by atoms with E-state index >= 15 is 0 Å². The van der Waals surface area contributed by atoms with Crippen LogP contribution in [0.25, 0.3) is 5.69 Å². The molecule has 0 spiro atoms. The summed E-state index contributed by atoms with van der Waals surface area (Å²) in [7, 11) is 1.71. The Bertz CT molecular complexity index is 1160. The molecule has 31 heavy (non-hydrogen) atoms. The third-order valence-corrected chi connectivity index (χ3v) is 6.32. The number of carbonyl (C=O) groups excluding carboxylic acids is 2. The van der Waals surface area contributed by atoms with Crippen LogP contribution in [0.4, 0.5) is 0 Å². The molecule has 0 aliphatic carbocycles. The number of hydrogen-bond acceptors (Lipinski definition) is 6. The van der Waals surface area contributed by atoms with E-state index in [1.807, 2.05) is 24.3 Å². The lowest BCUT2D eigenvalue weighted by Crippen LogP contribution is -2.50. The third-order valence-electron chi connectivity index (χ3n) is 5.09. The number of rotatable bonds is 6. The summed E-state index contributed by atoms with van der Waals surface area (Å²) in [6, 6.07) is 9.89. The van der Waals surface area contributed by atoms with Gasteiger partial charge in [0.05, 0.1) is 21.5 Å². The Morgan fingerprint density at radius 3 is 2.68 bits per heavy atom. The summed E-state index contributed by atoms with van der Waals surface area (Å²) in [5.41, 5.74) is 1.47. The zero-order valence-corrected chi connectivity index (χ0v) is 18.2. The normalized spacial score (nSPS) is 18.4. The van der Waals surface area contributed by atoms with E-state index in [4.69, 9.17) is 11.6 Å². The predicted molar refractivity (Wildman–Crippen MR) is 119 cm³/mol. The van der Waals surface area contributed by atoms with E-state index in [1.54, 1.807) is 36.5 Å². The van der Waals surface area contributed by atoms with Gasteiger partial charge in [-0.05, 0) is 29.8 Å². The molecule has 1 aliphatic rings. The largest absolute Gasteiger partial charge is 0.345 e. The first-order chi connectivity index (χ1) is 14.9. The van der Waals surface area contributed by atoms with Gasteiger partial charge in [-0.1, -0.05) is 23.7 Å². The van der Waals surface area contributed by atoms with E-state index in [1.165, 1.54) is 22.1 Å². The number of nitrogens with zero attached hydrogens (tertiary/aromatic N) is 3. The number of hydrogen-bond donors (Lipinski definition) is 2. The van der Waals surface area contributed by atoms with Crippen LogP contribution in [0.1, 0.15) is 15.2 Å². The standard InChI is InChI=1S/C21H20ClN5O3S/c1-26-12-15(25-20(29)16-6-7-17(22)31-16)19(21(26)30)24-10-13-2-4-14(5-3-13)27-9-8-23-11-18(27)28/h2-9,11,15,19,24H,10,12H2,1H3,(H,25,29)/t15-,19-/m1/s1. The molecule has 3 heterocycles. The minimum atomic E-state index is -0.535. The molecule has 160 valence electrons. The first kappa shape index (κ1) is 21.2. The van der Waals surface area contributed by atoms with Crippen molar-refractivity contribution in [1.29, 1.82) is 0 Å². The van der Waals surface area contributed by atoms with Crippen LogP contribution >= 0.6 is 22.9 Å². The van der Waals surface area contributed by atoms with Gasteiger partial charge in [0, 0.05) is 38.2 Å². The van der Waals surface area contributed by atoms with Gasteiger partial charge >= 0.3 is 0 Å². The maximum absolute atomic E-state index is 12.6. The second-order valence-electron chi connectivity index (χ2n) is 7.21. The molecule has 1 fully saturated rings. The van der Waals surface area contributed by atoms with E-state index in [0.717, 1.165) is 11.3 Å². The third kappa shape index (κ3) is 4.68. The fourth-order valence-corrected chi connectivity index (χ4v) is 4.44. The minimum absolute atomic E-state index is 0.0746. The smallest absolute Gasteiger partial charge is 0.273 e. The fourth-order valence-electron chi connectivity index (χ4n) is 3.50. The predicted octanol–water partition coefficient (Wildman–Crippen LogP) is 1.68. The van der Waals surface area contributed by atoms with Crippen LogP contribution in [-0.4, -0.2) is 51.9 Å². The fraction of sp³-hybridized carbons (Fsp3) is 0.238. The number of benzene rings is 1. The van der Waals surface area contributed by atoms with Gasteiger partial charge in [-0.15, -0.1) is 11.3 Å². The monoisotopic (exact) mass is 457 g/mol. The molecule has 1 aliphatic heterocycles. The molecule has 0 unspecified atom stereocenters. The van der Waals surface area contributed by atoms with Crippen molar-refractivity contribution in [3.05, 3.63) is 80.1 Å². The molecule has 2 amide bonds. The van der Waals surface area contributed by atoms with Crippen molar-refractivity contribution < 1.29 is 9.59 Å². The van der Waals surface area contributed by atoms with E-state index < -0.39 is 6.04 Å². The molecule has 0 radical (unpaired) electrons. The summed E-state index contributed by atoms with van der Waals surface area (Å²) < 4.78 is 2.04. The summed E-state index contributed by atoms with van der Waals surface area (Å²) in [6.45, 7) is 0.859. The lowest BCUT2D eigenvalue weighted by atomic mass is 10.1. The summed E-state index contributed by atoms with van der Waals surface area (Å²) >= 11 is 7.11. The Balaban J connectivity index is 1.42. The van der Waals surface area contributed by atoms with Gasteiger partial charge in [0.1, 0.15) is 6.04 Å². The first-order valence-electron chi connectivity index (χ1n) is 9.59. The van der Waals surface area contributed by atoms with Crippen LogP contribution in [0.15, 0.2) is 59.8 Å². The van der Waals surface area contributed by atoms with Gasteiger partial charge in [0.2, 0.25) is 5.91 Å². The Hall–Kier alpha value is -3.01. The van der Waals surface area contributed by atoms with Crippen molar-refractivity contribution in [2.24, 2.45) is 0 Å². The number of carbonyl (C=O) groups is 2. The van der Waals surface area contributed by atoms with Gasteiger partial charge in [-0.2, -0.15) is 0 Å². The summed E-state index contributed by atoms with van der Waals surface area (Å²) in [5, 5.41) is 6.19. The Morgan fingerprint density at radius 2 is 2.00 bits per heavy atom. The lowest BCUT2D eigenvalue weighted by molar-refractivity contribution is -0.128. The van der Waals surface area contributed by atoms with Crippen molar-refractivity contribution in [2.45, 2.75) is 18.6 Å². The second kappa shape index (κ2) is 9.01. The van der Waals surface area contributed by atoms with Crippen molar-refractivity contribution in [1.82, 2.24) is 25.1 Å². The molecule has 2 aromatic heterocycles. The van der Waals surface area contributed by atoms with Crippen molar-refractivity contribution in [3.63, 3.8) is 0 Å². The van der Waals surface area contributed by atoms with E-state index in [9.17, 15) is 14.4 Å². The number of thiophene rings is 1. The Kier molecular flexibility index (Phi) is 6.17.